The molecule has 0 bridgehead atoms. The van der Waals surface area contributed by atoms with Gasteiger partial charge in [-0.25, -0.2) is 0 Å². The zero-order chi connectivity index (χ0) is 20.4. The molecule has 0 aliphatic carbocycles. The molecule has 0 radical (unpaired) electrons. The molecule has 0 saturated carbocycles. The van der Waals surface area contributed by atoms with E-state index in [1.807, 2.05) is 12.1 Å². The average molecular weight is 393 g/mol. The first-order valence-corrected chi connectivity index (χ1v) is 10.3. The van der Waals surface area contributed by atoms with Gasteiger partial charge in [0.05, 0.1) is 0 Å². The van der Waals surface area contributed by atoms with Crippen LogP contribution in [0.4, 0.5) is 0 Å². The molecular weight excluding hydrogens is 366 g/mol. The Morgan fingerprint density at radius 3 is 2.69 bits per heavy atom. The van der Waals surface area contributed by atoms with E-state index < -0.39 is 17.5 Å². The maximum atomic E-state index is 12.8. The second-order valence-corrected chi connectivity index (χ2v) is 8.33. The number of nitrogens with one attached hydrogen (secondary N) is 1. The van der Waals surface area contributed by atoms with Gasteiger partial charge in [0.2, 0.25) is 17.7 Å². The van der Waals surface area contributed by atoms with Crippen molar-refractivity contribution in [2.24, 2.45) is 5.73 Å². The number of nitrogens with two attached hydrogens (primary N) is 1. The number of hydrogen-bond donors (Lipinski definition) is 2. The summed E-state index contributed by atoms with van der Waals surface area (Å²) in [6.45, 7) is 0.580. The summed E-state index contributed by atoms with van der Waals surface area (Å²) in [6.07, 6.45) is 4.19. The Kier molecular flexibility index (Phi) is 5.26. The average Bonchev–Trinajstić information content (AvgIpc) is 3.34. The molecule has 2 saturated heterocycles. The molecule has 6 nitrogen and oxygen atoms in total. The van der Waals surface area contributed by atoms with Gasteiger partial charge in [-0.05, 0) is 48.4 Å². The van der Waals surface area contributed by atoms with Crippen molar-refractivity contribution in [2.75, 3.05) is 6.54 Å². The zero-order valence-corrected chi connectivity index (χ0v) is 16.5. The normalized spacial score (nSPS) is 24.1. The van der Waals surface area contributed by atoms with Crippen LogP contribution in [0.3, 0.4) is 0 Å². The Morgan fingerprint density at radius 2 is 1.97 bits per heavy atom. The van der Waals surface area contributed by atoms with Crippen molar-refractivity contribution in [1.29, 1.82) is 0 Å². The summed E-state index contributed by atoms with van der Waals surface area (Å²) in [7, 11) is 0. The van der Waals surface area contributed by atoms with Crippen LogP contribution in [0.5, 0.6) is 0 Å². The van der Waals surface area contributed by atoms with Crippen LogP contribution in [-0.4, -0.2) is 40.7 Å². The first kappa shape index (κ1) is 19.4. The highest BCUT2D eigenvalue weighted by Crippen LogP contribution is 2.31. The molecule has 0 spiro atoms. The fourth-order valence-corrected chi connectivity index (χ4v) is 4.77. The number of carbonyl (C=O) groups excluding carboxylic acids is 3. The molecule has 29 heavy (non-hydrogen) atoms. The van der Waals surface area contributed by atoms with E-state index >= 15 is 0 Å². The molecule has 4 rings (SSSR count). The highest BCUT2D eigenvalue weighted by Gasteiger charge is 2.39. The minimum absolute atomic E-state index is 0.0365. The molecule has 2 fully saturated rings. The summed E-state index contributed by atoms with van der Waals surface area (Å²) in [5.74, 6) is -0.448. The van der Waals surface area contributed by atoms with Crippen molar-refractivity contribution in [2.45, 2.75) is 56.5 Å². The Morgan fingerprint density at radius 1 is 1.17 bits per heavy atom. The van der Waals surface area contributed by atoms with E-state index in [0.717, 1.165) is 12.0 Å². The van der Waals surface area contributed by atoms with Gasteiger partial charge in [0, 0.05) is 24.9 Å². The summed E-state index contributed by atoms with van der Waals surface area (Å²) in [4.78, 5) is 38.0. The Hall–Kier alpha value is -2.89. The van der Waals surface area contributed by atoms with Gasteiger partial charge in [-0.15, -0.1) is 0 Å². The molecule has 0 aromatic heterocycles. The number of likely N-dealkylation sites (tertiary alicyclic amines) is 1. The third kappa shape index (κ3) is 4.11. The summed E-state index contributed by atoms with van der Waals surface area (Å²) in [5.41, 5.74) is 6.17. The molecule has 2 heterocycles. The SMILES string of the molecule is NC(=O)[C@@H]1CCCN1C(=O)CC[C@@]1(Cc2ccc3ccccc3c2)CCC(=O)N1. The van der Waals surface area contributed by atoms with Crippen molar-refractivity contribution >= 4 is 28.5 Å². The van der Waals surface area contributed by atoms with Crippen molar-refractivity contribution in [3.63, 3.8) is 0 Å². The molecular formula is C23H27N3O3. The number of nitrogens with zero attached hydrogens (tertiary/aromatic N) is 1. The number of fused-ring (bicyclic) bond motifs is 1. The van der Waals surface area contributed by atoms with Crippen LogP contribution in [0.25, 0.3) is 10.8 Å². The van der Waals surface area contributed by atoms with Crippen LogP contribution in [0.2, 0.25) is 0 Å². The predicted molar refractivity (Wildman–Crippen MR) is 111 cm³/mol. The van der Waals surface area contributed by atoms with Gasteiger partial charge < -0.3 is 16.0 Å². The summed E-state index contributed by atoms with van der Waals surface area (Å²) >= 11 is 0. The quantitative estimate of drug-likeness (QED) is 0.789. The van der Waals surface area contributed by atoms with Gasteiger partial charge in [-0.2, -0.15) is 0 Å². The highest BCUT2D eigenvalue weighted by atomic mass is 16.2. The molecule has 0 unspecified atom stereocenters. The smallest absolute Gasteiger partial charge is 0.240 e. The molecule has 3 N–H and O–H groups in total. The molecule has 3 amide bonds. The fraction of sp³-hybridized carbons (Fsp3) is 0.435. The minimum atomic E-state index is -0.489. The van der Waals surface area contributed by atoms with Crippen LogP contribution in [0.1, 0.15) is 44.1 Å². The molecule has 152 valence electrons. The number of amides is 3. The van der Waals surface area contributed by atoms with Crippen molar-refractivity contribution in [1.82, 2.24) is 10.2 Å². The van der Waals surface area contributed by atoms with E-state index in [1.54, 1.807) is 4.90 Å². The largest absolute Gasteiger partial charge is 0.368 e. The van der Waals surface area contributed by atoms with Crippen molar-refractivity contribution < 1.29 is 14.4 Å². The van der Waals surface area contributed by atoms with Crippen molar-refractivity contribution in [3.05, 3.63) is 48.0 Å². The van der Waals surface area contributed by atoms with E-state index in [-0.39, 0.29) is 11.8 Å². The lowest BCUT2D eigenvalue weighted by molar-refractivity contribution is -0.137. The summed E-state index contributed by atoms with van der Waals surface area (Å²) in [5, 5.41) is 5.49. The number of benzene rings is 2. The van der Waals surface area contributed by atoms with Gasteiger partial charge in [0.1, 0.15) is 6.04 Å². The monoisotopic (exact) mass is 393 g/mol. The summed E-state index contributed by atoms with van der Waals surface area (Å²) < 4.78 is 0. The fourth-order valence-electron chi connectivity index (χ4n) is 4.77. The molecule has 2 aromatic rings. The van der Waals surface area contributed by atoms with Gasteiger partial charge in [0.25, 0.3) is 0 Å². The van der Waals surface area contributed by atoms with E-state index in [4.69, 9.17) is 5.73 Å². The number of primary amides is 1. The molecule has 2 aliphatic heterocycles. The van der Waals surface area contributed by atoms with E-state index in [0.29, 0.717) is 45.1 Å². The van der Waals surface area contributed by atoms with Crippen LogP contribution in [-0.2, 0) is 20.8 Å². The number of hydrogen-bond acceptors (Lipinski definition) is 3. The van der Waals surface area contributed by atoms with Crippen molar-refractivity contribution in [3.8, 4) is 0 Å². The standard InChI is InChI=1S/C23H27N3O3/c24-22(29)19-6-3-13-26(19)21(28)10-12-23(11-9-20(27)25-23)15-16-7-8-17-4-1-2-5-18(17)14-16/h1-2,4-5,7-8,14,19H,3,6,9-13,15H2,(H2,24,29)(H,25,27)/t19-,23+/m0/s1. The maximum Gasteiger partial charge on any atom is 0.240 e. The van der Waals surface area contributed by atoms with E-state index in [9.17, 15) is 14.4 Å². The van der Waals surface area contributed by atoms with Crippen LogP contribution < -0.4 is 11.1 Å². The third-order valence-electron chi connectivity index (χ3n) is 6.31. The van der Waals surface area contributed by atoms with Crippen LogP contribution in [0.15, 0.2) is 42.5 Å². The Bertz CT molecular complexity index is 957. The van der Waals surface area contributed by atoms with Gasteiger partial charge in [0.15, 0.2) is 0 Å². The molecule has 2 aliphatic rings. The second-order valence-electron chi connectivity index (χ2n) is 8.33. The van der Waals surface area contributed by atoms with E-state index in [2.05, 4.69) is 35.6 Å². The summed E-state index contributed by atoms with van der Waals surface area (Å²) in [6, 6.07) is 14.1. The first-order chi connectivity index (χ1) is 14.0. The number of rotatable bonds is 6. The van der Waals surface area contributed by atoms with Gasteiger partial charge >= 0.3 is 0 Å². The van der Waals surface area contributed by atoms with Crippen LogP contribution >= 0.6 is 0 Å². The Balaban J connectivity index is 1.48. The molecule has 2 aromatic carbocycles. The lowest BCUT2D eigenvalue weighted by Crippen LogP contribution is -2.47. The van der Waals surface area contributed by atoms with Gasteiger partial charge in [-0.1, -0.05) is 42.5 Å². The van der Waals surface area contributed by atoms with Gasteiger partial charge in [-0.3, -0.25) is 14.4 Å². The second kappa shape index (κ2) is 7.85. The minimum Gasteiger partial charge on any atom is -0.368 e. The zero-order valence-electron chi connectivity index (χ0n) is 16.5. The van der Waals surface area contributed by atoms with Crippen LogP contribution in [0, 0.1) is 0 Å². The lowest BCUT2D eigenvalue weighted by atomic mass is 9.84. The molecule has 6 heteroatoms. The predicted octanol–water partition coefficient (Wildman–Crippen LogP) is 2.29. The lowest BCUT2D eigenvalue weighted by Gasteiger charge is -2.31. The number of carbonyl (C=O) groups is 3. The molecule has 2 atom stereocenters. The Labute approximate surface area is 170 Å². The highest BCUT2D eigenvalue weighted by molar-refractivity contribution is 5.87. The third-order valence-corrected chi connectivity index (χ3v) is 6.31. The maximum absolute atomic E-state index is 12.8. The van der Waals surface area contributed by atoms with E-state index in [1.165, 1.54) is 10.8 Å². The topological polar surface area (TPSA) is 92.5 Å². The first-order valence-electron chi connectivity index (χ1n) is 10.3.